The molecule has 5 nitrogen and oxygen atoms in total. The summed E-state index contributed by atoms with van der Waals surface area (Å²) in [5.41, 5.74) is 2.06. The van der Waals surface area contributed by atoms with E-state index in [0.717, 1.165) is 24.2 Å². The lowest BCUT2D eigenvalue weighted by Gasteiger charge is -2.11. The van der Waals surface area contributed by atoms with Crippen molar-refractivity contribution in [3.05, 3.63) is 76.3 Å². The molecule has 0 radical (unpaired) electrons. The van der Waals surface area contributed by atoms with Gasteiger partial charge in [0.2, 0.25) is 5.78 Å². The molecule has 0 amide bonds. The molecule has 0 fully saturated rings. The van der Waals surface area contributed by atoms with Gasteiger partial charge in [0, 0.05) is 13.0 Å². The highest BCUT2D eigenvalue weighted by molar-refractivity contribution is 5.80. The van der Waals surface area contributed by atoms with E-state index in [4.69, 9.17) is 0 Å². The van der Waals surface area contributed by atoms with Gasteiger partial charge in [-0.05, 0) is 24.1 Å². The van der Waals surface area contributed by atoms with E-state index in [1.54, 1.807) is 4.57 Å². The molecule has 2 aromatic carbocycles. The van der Waals surface area contributed by atoms with Crippen LogP contribution in [0.15, 0.2) is 59.4 Å². The van der Waals surface area contributed by atoms with Crippen LogP contribution in [0.4, 0.5) is 0 Å². The maximum atomic E-state index is 12.9. The maximum absolute atomic E-state index is 12.9. The molecule has 0 saturated carbocycles. The van der Waals surface area contributed by atoms with Gasteiger partial charge in [0.25, 0.3) is 5.56 Å². The summed E-state index contributed by atoms with van der Waals surface area (Å²) >= 11 is 0. The van der Waals surface area contributed by atoms with Crippen molar-refractivity contribution in [3.63, 3.8) is 0 Å². The van der Waals surface area contributed by atoms with Gasteiger partial charge in [0.05, 0.1) is 10.9 Å². The highest BCUT2D eigenvalue weighted by atomic mass is 16.1. The van der Waals surface area contributed by atoms with E-state index in [1.165, 1.54) is 5.56 Å². The molecule has 0 N–H and O–H groups in total. The lowest BCUT2D eigenvalue weighted by molar-refractivity contribution is 0.678. The molecule has 120 valence electrons. The summed E-state index contributed by atoms with van der Waals surface area (Å²) in [6.45, 7) is 2.63. The molecule has 0 bridgehead atoms. The van der Waals surface area contributed by atoms with Gasteiger partial charge in [-0.1, -0.05) is 49.4 Å². The topological polar surface area (TPSA) is 52.2 Å². The van der Waals surface area contributed by atoms with Crippen molar-refractivity contribution in [2.24, 2.45) is 0 Å². The van der Waals surface area contributed by atoms with Crippen LogP contribution >= 0.6 is 0 Å². The first-order valence-electron chi connectivity index (χ1n) is 8.19. The predicted molar refractivity (Wildman–Crippen MR) is 94.3 cm³/mol. The minimum absolute atomic E-state index is 0.0101. The van der Waals surface area contributed by atoms with Crippen LogP contribution in [-0.4, -0.2) is 19.2 Å². The van der Waals surface area contributed by atoms with Crippen LogP contribution in [-0.2, 0) is 19.4 Å². The molecule has 0 aliphatic rings. The second kappa shape index (κ2) is 5.92. The van der Waals surface area contributed by atoms with Crippen molar-refractivity contribution in [2.75, 3.05) is 0 Å². The smallest absolute Gasteiger partial charge is 0.262 e. The Bertz CT molecular complexity index is 1060. The van der Waals surface area contributed by atoms with Crippen LogP contribution < -0.4 is 5.56 Å². The van der Waals surface area contributed by atoms with Gasteiger partial charge in [0.15, 0.2) is 0 Å². The summed E-state index contributed by atoms with van der Waals surface area (Å²) in [5.74, 6) is 1.49. The number of rotatable bonds is 4. The van der Waals surface area contributed by atoms with Gasteiger partial charge in [-0.25, -0.2) is 0 Å². The summed E-state index contributed by atoms with van der Waals surface area (Å²) in [6, 6.07) is 17.8. The number of benzene rings is 2. The van der Waals surface area contributed by atoms with E-state index in [0.29, 0.717) is 17.7 Å². The fourth-order valence-electron chi connectivity index (χ4n) is 3.13. The fourth-order valence-corrected chi connectivity index (χ4v) is 3.13. The third-order valence-corrected chi connectivity index (χ3v) is 4.36. The average molecular weight is 318 g/mol. The fraction of sp³-hybridized carbons (Fsp3) is 0.211. The number of hydrogen-bond acceptors (Lipinski definition) is 3. The molecule has 0 saturated heterocycles. The van der Waals surface area contributed by atoms with Crippen molar-refractivity contribution < 1.29 is 0 Å². The highest BCUT2D eigenvalue weighted by Crippen LogP contribution is 2.15. The SMILES string of the molecule is CCc1nnc2n(CCc3ccccc3)c(=O)c3ccccc3n12. The molecule has 0 unspecified atom stereocenters. The largest absolute Gasteiger partial charge is 0.276 e. The Morgan fingerprint density at radius 1 is 0.958 bits per heavy atom. The molecule has 4 aromatic rings. The third-order valence-electron chi connectivity index (χ3n) is 4.36. The van der Waals surface area contributed by atoms with E-state index in [2.05, 4.69) is 22.3 Å². The first kappa shape index (κ1) is 14.6. The Morgan fingerprint density at radius 2 is 1.71 bits per heavy atom. The molecule has 24 heavy (non-hydrogen) atoms. The summed E-state index contributed by atoms with van der Waals surface area (Å²) in [5, 5.41) is 9.26. The van der Waals surface area contributed by atoms with Gasteiger partial charge in [0.1, 0.15) is 5.82 Å². The van der Waals surface area contributed by atoms with Crippen LogP contribution in [0.1, 0.15) is 18.3 Å². The molecule has 0 aliphatic carbocycles. The average Bonchev–Trinajstić information content (AvgIpc) is 3.06. The zero-order chi connectivity index (χ0) is 16.5. The summed E-state index contributed by atoms with van der Waals surface area (Å²) in [7, 11) is 0. The standard InChI is InChI=1S/C19H18N4O/c1-2-17-20-21-19-22(13-12-14-8-4-3-5-9-14)18(24)15-10-6-7-11-16(15)23(17)19/h3-11H,2,12-13H2,1H3. The first-order valence-corrected chi connectivity index (χ1v) is 8.19. The second-order valence-corrected chi connectivity index (χ2v) is 5.81. The Labute approximate surface area is 139 Å². The Kier molecular flexibility index (Phi) is 3.61. The van der Waals surface area contributed by atoms with Crippen molar-refractivity contribution in [3.8, 4) is 0 Å². The number of fused-ring (bicyclic) bond motifs is 3. The normalized spacial score (nSPS) is 11.4. The van der Waals surface area contributed by atoms with Gasteiger partial charge in [-0.3, -0.25) is 13.8 Å². The van der Waals surface area contributed by atoms with E-state index < -0.39 is 0 Å². The summed E-state index contributed by atoms with van der Waals surface area (Å²) < 4.78 is 3.74. The molecule has 0 aliphatic heterocycles. The van der Waals surface area contributed by atoms with Crippen LogP contribution in [0.5, 0.6) is 0 Å². The lowest BCUT2D eigenvalue weighted by Crippen LogP contribution is -2.24. The number of hydrogen-bond donors (Lipinski definition) is 0. The van der Waals surface area contributed by atoms with Gasteiger partial charge < -0.3 is 0 Å². The molecule has 2 heterocycles. The summed E-state index contributed by atoms with van der Waals surface area (Å²) in [6.07, 6.45) is 1.55. The van der Waals surface area contributed by atoms with Crippen LogP contribution in [0.25, 0.3) is 16.7 Å². The number of aryl methyl sites for hydroxylation is 3. The van der Waals surface area contributed by atoms with Crippen LogP contribution in [0.3, 0.4) is 0 Å². The van der Waals surface area contributed by atoms with Crippen molar-refractivity contribution in [2.45, 2.75) is 26.3 Å². The minimum Gasteiger partial charge on any atom is -0.276 e. The van der Waals surface area contributed by atoms with Crippen LogP contribution in [0, 0.1) is 0 Å². The van der Waals surface area contributed by atoms with E-state index >= 15 is 0 Å². The minimum atomic E-state index is -0.0101. The maximum Gasteiger partial charge on any atom is 0.262 e. The zero-order valence-electron chi connectivity index (χ0n) is 13.5. The number of nitrogens with zero attached hydrogens (tertiary/aromatic N) is 4. The van der Waals surface area contributed by atoms with Gasteiger partial charge >= 0.3 is 0 Å². The van der Waals surface area contributed by atoms with Crippen LogP contribution in [0.2, 0.25) is 0 Å². The van der Waals surface area contributed by atoms with E-state index in [-0.39, 0.29) is 5.56 Å². The Hall–Kier alpha value is -2.95. The monoisotopic (exact) mass is 318 g/mol. The molecule has 0 atom stereocenters. The molecule has 4 rings (SSSR count). The van der Waals surface area contributed by atoms with Crippen molar-refractivity contribution in [1.29, 1.82) is 0 Å². The molecular weight excluding hydrogens is 300 g/mol. The molecule has 0 spiro atoms. The quantitative estimate of drug-likeness (QED) is 0.581. The lowest BCUT2D eigenvalue weighted by atomic mass is 10.1. The predicted octanol–water partition coefficient (Wildman–Crippen LogP) is 2.85. The van der Waals surface area contributed by atoms with Crippen molar-refractivity contribution >= 4 is 16.7 Å². The Balaban J connectivity index is 1.91. The number of para-hydroxylation sites is 1. The van der Waals surface area contributed by atoms with E-state index in [9.17, 15) is 4.79 Å². The first-order chi connectivity index (χ1) is 11.8. The highest BCUT2D eigenvalue weighted by Gasteiger charge is 2.15. The third kappa shape index (κ3) is 2.29. The molecule has 2 aromatic heterocycles. The van der Waals surface area contributed by atoms with Gasteiger partial charge in [-0.2, -0.15) is 0 Å². The molecular formula is C19H18N4O. The number of aromatic nitrogens is 4. The zero-order valence-corrected chi connectivity index (χ0v) is 13.5. The summed E-state index contributed by atoms with van der Waals surface area (Å²) in [4.78, 5) is 12.9. The molecule has 5 heteroatoms. The Morgan fingerprint density at radius 3 is 2.50 bits per heavy atom. The van der Waals surface area contributed by atoms with Gasteiger partial charge in [-0.15, -0.1) is 10.2 Å². The van der Waals surface area contributed by atoms with Crippen molar-refractivity contribution in [1.82, 2.24) is 19.2 Å². The van der Waals surface area contributed by atoms with E-state index in [1.807, 2.05) is 53.8 Å². The second-order valence-electron chi connectivity index (χ2n) is 5.81.